The van der Waals surface area contributed by atoms with E-state index in [1.54, 1.807) is 6.07 Å². The van der Waals surface area contributed by atoms with Crippen LogP contribution in [-0.2, 0) is 21.4 Å². The lowest BCUT2D eigenvalue weighted by Crippen LogP contribution is -2.14. The summed E-state index contributed by atoms with van der Waals surface area (Å²) in [7, 11) is -4.09. The molecule has 0 amide bonds. The molecule has 0 atom stereocenters. The van der Waals surface area contributed by atoms with Gasteiger partial charge in [0.1, 0.15) is 5.82 Å². The summed E-state index contributed by atoms with van der Waals surface area (Å²) < 4.78 is 46.8. The Labute approximate surface area is 153 Å². The zero-order valence-corrected chi connectivity index (χ0v) is 14.9. The van der Waals surface area contributed by atoms with Gasteiger partial charge in [0, 0.05) is 5.56 Å². The van der Waals surface area contributed by atoms with Crippen molar-refractivity contribution in [1.82, 2.24) is 10.2 Å². The third-order valence-electron chi connectivity index (χ3n) is 3.54. The predicted molar refractivity (Wildman–Crippen MR) is 91.4 cm³/mol. The predicted octanol–water partition coefficient (Wildman–Crippen LogP) is 2.19. The molecule has 140 valence electrons. The summed E-state index contributed by atoms with van der Waals surface area (Å²) in [6.07, 6.45) is 0. The van der Waals surface area contributed by atoms with E-state index in [0.717, 1.165) is 23.8 Å². The van der Waals surface area contributed by atoms with Crippen molar-refractivity contribution in [3.05, 3.63) is 65.3 Å². The van der Waals surface area contributed by atoms with Crippen molar-refractivity contribution in [2.45, 2.75) is 18.4 Å². The van der Waals surface area contributed by atoms with Gasteiger partial charge in [-0.25, -0.2) is 22.7 Å². The Morgan fingerprint density at radius 1 is 1.22 bits per heavy atom. The van der Waals surface area contributed by atoms with Crippen molar-refractivity contribution in [1.29, 1.82) is 0 Å². The molecule has 1 heterocycles. The molecule has 0 unspecified atom stereocenters. The molecule has 3 rings (SSSR count). The van der Waals surface area contributed by atoms with Crippen LogP contribution in [0.1, 0.15) is 21.8 Å². The maximum atomic E-state index is 13.8. The largest absolute Gasteiger partial charge is 0.452 e. The first-order chi connectivity index (χ1) is 12.7. The second-order valence-electron chi connectivity index (χ2n) is 5.63. The Balaban J connectivity index is 1.73. The van der Waals surface area contributed by atoms with Gasteiger partial charge in [0.25, 0.3) is 5.89 Å². The minimum Gasteiger partial charge on any atom is -0.452 e. The Morgan fingerprint density at radius 3 is 2.70 bits per heavy atom. The lowest BCUT2D eigenvalue weighted by atomic mass is 10.1. The number of carbonyl (C=O) groups excluding carboxylic acids is 1. The van der Waals surface area contributed by atoms with Crippen LogP contribution >= 0.6 is 0 Å². The second-order valence-corrected chi connectivity index (χ2v) is 7.19. The number of ether oxygens (including phenoxy) is 1. The van der Waals surface area contributed by atoms with Crippen LogP contribution in [0, 0.1) is 12.7 Å². The van der Waals surface area contributed by atoms with Crippen molar-refractivity contribution >= 4 is 16.0 Å². The minimum absolute atomic E-state index is 0.00265. The lowest BCUT2D eigenvalue weighted by molar-refractivity contribution is 0.0433. The van der Waals surface area contributed by atoms with Gasteiger partial charge in [0.05, 0.1) is 10.5 Å². The molecule has 10 heteroatoms. The highest BCUT2D eigenvalue weighted by Gasteiger charge is 2.19. The quantitative estimate of drug-likeness (QED) is 0.661. The standard InChI is InChI=1S/C17H14FN3O5S/c1-10-3-2-4-11(7-10)16-21-20-15(26-16)9-25-17(22)13-8-12(27(19,23)24)5-6-14(13)18/h2-8H,9H2,1H3,(H2,19,23,24). The van der Waals surface area contributed by atoms with Gasteiger partial charge in [-0.2, -0.15) is 0 Å². The van der Waals surface area contributed by atoms with E-state index >= 15 is 0 Å². The van der Waals surface area contributed by atoms with Crippen LogP contribution in [0.15, 0.2) is 51.8 Å². The molecule has 2 N–H and O–H groups in total. The fourth-order valence-electron chi connectivity index (χ4n) is 2.25. The summed E-state index contributed by atoms with van der Waals surface area (Å²) in [5.41, 5.74) is 1.14. The topological polar surface area (TPSA) is 125 Å². The summed E-state index contributed by atoms with van der Waals surface area (Å²) in [4.78, 5) is 11.6. The number of nitrogens with two attached hydrogens (primary N) is 1. The number of halogens is 1. The second kappa shape index (κ2) is 7.25. The summed E-state index contributed by atoms with van der Waals surface area (Å²) in [6.45, 7) is 1.50. The van der Waals surface area contributed by atoms with Gasteiger partial charge in [-0.3, -0.25) is 0 Å². The van der Waals surface area contributed by atoms with E-state index in [9.17, 15) is 17.6 Å². The summed E-state index contributed by atoms with van der Waals surface area (Å²) >= 11 is 0. The van der Waals surface area contributed by atoms with Crippen molar-refractivity contribution in [2.75, 3.05) is 0 Å². The Hall–Kier alpha value is -3.11. The molecule has 1 aromatic heterocycles. The molecule has 0 bridgehead atoms. The molecular formula is C17H14FN3O5S. The molecule has 0 spiro atoms. The number of aromatic nitrogens is 2. The molecule has 0 saturated heterocycles. The van der Waals surface area contributed by atoms with E-state index in [2.05, 4.69) is 10.2 Å². The molecule has 2 aromatic carbocycles. The van der Waals surface area contributed by atoms with Crippen LogP contribution in [0.5, 0.6) is 0 Å². The minimum atomic E-state index is -4.09. The van der Waals surface area contributed by atoms with Crippen LogP contribution < -0.4 is 5.14 Å². The fraction of sp³-hybridized carbons (Fsp3) is 0.118. The number of hydrogen-bond acceptors (Lipinski definition) is 7. The van der Waals surface area contributed by atoms with E-state index in [-0.39, 0.29) is 11.8 Å². The monoisotopic (exact) mass is 391 g/mol. The molecule has 0 radical (unpaired) electrons. The van der Waals surface area contributed by atoms with Gasteiger partial charge in [-0.15, -0.1) is 10.2 Å². The maximum absolute atomic E-state index is 13.8. The molecule has 0 fully saturated rings. The van der Waals surface area contributed by atoms with Crippen molar-refractivity contribution in [3.63, 3.8) is 0 Å². The first-order valence-electron chi connectivity index (χ1n) is 7.63. The first kappa shape index (κ1) is 18.7. The molecule has 3 aromatic rings. The first-order valence-corrected chi connectivity index (χ1v) is 9.17. The van der Waals surface area contributed by atoms with Crippen molar-refractivity contribution < 1.29 is 26.8 Å². The summed E-state index contributed by atoms with van der Waals surface area (Å²) in [6, 6.07) is 9.94. The summed E-state index contributed by atoms with van der Waals surface area (Å²) in [5.74, 6) is -1.79. The van der Waals surface area contributed by atoms with Crippen LogP contribution in [0.4, 0.5) is 4.39 Å². The third-order valence-corrected chi connectivity index (χ3v) is 4.46. The SMILES string of the molecule is Cc1cccc(-c2nnc(COC(=O)c3cc(S(N)(=O)=O)ccc3F)o2)c1. The van der Waals surface area contributed by atoms with E-state index in [0.29, 0.717) is 5.56 Å². The molecule has 8 nitrogen and oxygen atoms in total. The smallest absolute Gasteiger partial charge is 0.341 e. The Kier molecular flexibility index (Phi) is 5.02. The number of hydrogen-bond donors (Lipinski definition) is 1. The zero-order chi connectivity index (χ0) is 19.6. The normalized spacial score (nSPS) is 11.4. The highest BCUT2D eigenvalue weighted by atomic mass is 32.2. The summed E-state index contributed by atoms with van der Waals surface area (Å²) in [5, 5.41) is 12.6. The molecular weight excluding hydrogens is 377 g/mol. The molecule has 0 saturated carbocycles. The number of esters is 1. The van der Waals surface area contributed by atoms with Gasteiger partial charge < -0.3 is 9.15 Å². The number of rotatable bonds is 5. The highest BCUT2D eigenvalue weighted by Crippen LogP contribution is 2.20. The Morgan fingerprint density at radius 2 is 2.00 bits per heavy atom. The lowest BCUT2D eigenvalue weighted by Gasteiger charge is -2.05. The number of aryl methyl sites for hydroxylation is 1. The Bertz CT molecular complexity index is 1110. The highest BCUT2D eigenvalue weighted by molar-refractivity contribution is 7.89. The zero-order valence-electron chi connectivity index (χ0n) is 14.0. The fourth-order valence-corrected chi connectivity index (χ4v) is 2.79. The van der Waals surface area contributed by atoms with Crippen LogP contribution in [-0.4, -0.2) is 24.6 Å². The average Bonchev–Trinajstić information content (AvgIpc) is 3.08. The van der Waals surface area contributed by atoms with Gasteiger partial charge in [-0.1, -0.05) is 17.7 Å². The molecule has 27 heavy (non-hydrogen) atoms. The van der Waals surface area contributed by atoms with Gasteiger partial charge in [0.15, 0.2) is 6.61 Å². The molecule has 0 aliphatic heterocycles. The van der Waals surface area contributed by atoms with E-state index in [4.69, 9.17) is 14.3 Å². The van der Waals surface area contributed by atoms with Gasteiger partial charge >= 0.3 is 5.97 Å². The molecule has 0 aliphatic carbocycles. The van der Waals surface area contributed by atoms with E-state index in [1.807, 2.05) is 25.1 Å². The van der Waals surface area contributed by atoms with Crippen molar-refractivity contribution in [2.24, 2.45) is 5.14 Å². The number of benzene rings is 2. The number of primary sulfonamides is 1. The average molecular weight is 391 g/mol. The van der Waals surface area contributed by atoms with Crippen LogP contribution in [0.3, 0.4) is 0 Å². The van der Waals surface area contributed by atoms with Crippen LogP contribution in [0.25, 0.3) is 11.5 Å². The maximum Gasteiger partial charge on any atom is 0.341 e. The van der Waals surface area contributed by atoms with Crippen LogP contribution in [0.2, 0.25) is 0 Å². The number of nitrogens with zero attached hydrogens (tertiary/aromatic N) is 2. The van der Waals surface area contributed by atoms with E-state index in [1.165, 1.54) is 0 Å². The van der Waals surface area contributed by atoms with E-state index < -0.39 is 38.9 Å². The van der Waals surface area contributed by atoms with Crippen molar-refractivity contribution in [3.8, 4) is 11.5 Å². The third kappa shape index (κ3) is 4.36. The molecule has 0 aliphatic rings. The number of sulfonamides is 1. The van der Waals surface area contributed by atoms with Gasteiger partial charge in [-0.05, 0) is 37.3 Å². The van der Waals surface area contributed by atoms with Gasteiger partial charge in [0.2, 0.25) is 15.9 Å². The number of carbonyl (C=O) groups is 1.